The van der Waals surface area contributed by atoms with Crippen molar-refractivity contribution in [1.82, 2.24) is 31.3 Å². The summed E-state index contributed by atoms with van der Waals surface area (Å²) < 4.78 is 0. The maximum Gasteiger partial charge on any atom is 0.317 e. The van der Waals surface area contributed by atoms with E-state index in [4.69, 9.17) is 40.4 Å². The van der Waals surface area contributed by atoms with Crippen molar-refractivity contribution in [2.24, 2.45) is 5.73 Å². The minimum absolute atomic E-state index is 0.0258. The van der Waals surface area contributed by atoms with Crippen molar-refractivity contribution in [2.45, 2.75) is 0 Å². The fourth-order valence-corrected chi connectivity index (χ4v) is 2.18. The molecule has 0 heterocycles. The zero-order valence-electron chi connectivity index (χ0n) is 16.5. The Balaban J connectivity index is 4.81. The lowest BCUT2D eigenvalue weighted by Crippen LogP contribution is -2.51. The van der Waals surface area contributed by atoms with Gasteiger partial charge in [0.2, 0.25) is 5.91 Å². The SMILES string of the molecule is CNC(=S)NNC(=O)CN(CCN(CC(=O)O)CC(=O)NCC(=S)CN)CC(=O)O. The van der Waals surface area contributed by atoms with E-state index in [0.29, 0.717) is 4.86 Å². The molecular formula is C15H27N7O6S2. The van der Waals surface area contributed by atoms with Crippen LogP contribution in [0.3, 0.4) is 0 Å². The Kier molecular flexibility index (Phi) is 14.1. The largest absolute Gasteiger partial charge is 0.480 e. The number of thiocarbonyl (C=S) groups is 2. The highest BCUT2D eigenvalue weighted by Crippen LogP contribution is 1.94. The molecule has 15 heteroatoms. The molecule has 0 atom stereocenters. The number of hydrazine groups is 1. The highest BCUT2D eigenvalue weighted by atomic mass is 32.1. The number of carbonyl (C=O) groups excluding carboxylic acids is 2. The number of carboxylic acids is 2. The van der Waals surface area contributed by atoms with E-state index in [2.05, 4.69) is 21.5 Å². The first-order chi connectivity index (χ1) is 14.1. The minimum Gasteiger partial charge on any atom is -0.480 e. The molecule has 0 unspecified atom stereocenters. The standard InChI is InChI=1S/C15H27N7O6S2/c1-17-15(30)20-19-12(24)7-22(9-14(27)28)3-2-21(8-13(25)26)6-11(23)18-5-10(29)4-16/h2-9,16H2,1H3,(H,18,23)(H,19,24)(H,25,26)(H,27,28)(H2,17,20,30). The van der Waals surface area contributed by atoms with Gasteiger partial charge in [0, 0.05) is 31.5 Å². The van der Waals surface area contributed by atoms with Crippen molar-refractivity contribution in [1.29, 1.82) is 0 Å². The van der Waals surface area contributed by atoms with Crippen molar-refractivity contribution in [3.05, 3.63) is 0 Å². The molecule has 0 rings (SSSR count). The average molecular weight is 466 g/mol. The third-order valence-electron chi connectivity index (χ3n) is 3.44. The number of amides is 2. The third kappa shape index (κ3) is 14.5. The van der Waals surface area contributed by atoms with Crippen LogP contribution in [0.1, 0.15) is 0 Å². The zero-order valence-corrected chi connectivity index (χ0v) is 18.1. The van der Waals surface area contributed by atoms with Crippen molar-refractivity contribution >= 4 is 58.2 Å². The summed E-state index contributed by atoms with van der Waals surface area (Å²) in [6.07, 6.45) is 0. The molecule has 0 aromatic carbocycles. The summed E-state index contributed by atoms with van der Waals surface area (Å²) in [5.41, 5.74) is 10.1. The molecule has 0 aromatic rings. The van der Waals surface area contributed by atoms with E-state index in [1.54, 1.807) is 7.05 Å². The van der Waals surface area contributed by atoms with Crippen LogP contribution in [0.25, 0.3) is 0 Å². The van der Waals surface area contributed by atoms with Gasteiger partial charge >= 0.3 is 11.9 Å². The Bertz CT molecular complexity index is 595. The molecule has 170 valence electrons. The zero-order chi connectivity index (χ0) is 23.1. The van der Waals surface area contributed by atoms with Crippen LogP contribution in [0.15, 0.2) is 0 Å². The highest BCUT2D eigenvalue weighted by molar-refractivity contribution is 7.80. The normalized spacial score (nSPS) is 10.4. The molecule has 8 N–H and O–H groups in total. The van der Waals surface area contributed by atoms with E-state index in [9.17, 15) is 19.2 Å². The van der Waals surface area contributed by atoms with Crippen molar-refractivity contribution in [3.8, 4) is 0 Å². The molecule has 0 spiro atoms. The maximum atomic E-state index is 12.0. The number of hydrogen-bond acceptors (Lipinski definition) is 9. The summed E-state index contributed by atoms with van der Waals surface area (Å²) in [5.74, 6) is -3.34. The summed E-state index contributed by atoms with van der Waals surface area (Å²) in [6.45, 7) is -1.15. The summed E-state index contributed by atoms with van der Waals surface area (Å²) in [6, 6.07) is 0. The van der Waals surface area contributed by atoms with E-state index in [0.717, 1.165) is 0 Å². The Morgan fingerprint density at radius 2 is 1.37 bits per heavy atom. The second-order valence-corrected chi connectivity index (χ2v) is 6.97. The van der Waals surface area contributed by atoms with Crippen molar-refractivity contribution < 1.29 is 29.4 Å². The van der Waals surface area contributed by atoms with Gasteiger partial charge in [-0.15, -0.1) is 0 Å². The lowest BCUT2D eigenvalue weighted by atomic mass is 10.3. The molecule has 0 saturated heterocycles. The van der Waals surface area contributed by atoms with E-state index in [1.807, 2.05) is 0 Å². The number of nitrogens with one attached hydrogen (secondary N) is 4. The van der Waals surface area contributed by atoms with Gasteiger partial charge < -0.3 is 26.6 Å². The minimum atomic E-state index is -1.17. The van der Waals surface area contributed by atoms with Gasteiger partial charge in [0.1, 0.15) is 0 Å². The summed E-state index contributed by atoms with van der Waals surface area (Å²) in [5, 5.41) is 23.4. The van der Waals surface area contributed by atoms with E-state index >= 15 is 0 Å². The van der Waals surface area contributed by atoms with Gasteiger partial charge in [-0.3, -0.25) is 39.8 Å². The maximum absolute atomic E-state index is 12.0. The second kappa shape index (κ2) is 15.4. The van der Waals surface area contributed by atoms with E-state index < -0.39 is 36.8 Å². The van der Waals surface area contributed by atoms with Crippen LogP contribution in [0, 0.1) is 0 Å². The molecule has 0 fully saturated rings. The first kappa shape index (κ1) is 27.5. The second-order valence-electron chi connectivity index (χ2n) is 5.98. The number of carboxylic acid groups (broad SMARTS) is 2. The van der Waals surface area contributed by atoms with E-state index in [-0.39, 0.29) is 44.4 Å². The lowest BCUT2D eigenvalue weighted by Gasteiger charge is -2.25. The number of rotatable bonds is 14. The van der Waals surface area contributed by atoms with Crippen LogP contribution < -0.4 is 27.2 Å². The molecule has 2 amide bonds. The summed E-state index contributed by atoms with van der Waals surface area (Å²) in [7, 11) is 1.55. The molecular weight excluding hydrogens is 438 g/mol. The molecule has 13 nitrogen and oxygen atoms in total. The van der Waals surface area contributed by atoms with Crippen LogP contribution in [0.4, 0.5) is 0 Å². The van der Waals surface area contributed by atoms with E-state index in [1.165, 1.54) is 9.80 Å². The quantitative estimate of drug-likeness (QED) is 0.0982. The third-order valence-corrected chi connectivity index (χ3v) is 4.05. The van der Waals surface area contributed by atoms with Crippen LogP contribution in [-0.4, -0.2) is 113 Å². The first-order valence-corrected chi connectivity index (χ1v) is 9.52. The highest BCUT2D eigenvalue weighted by Gasteiger charge is 2.19. The number of nitrogens with two attached hydrogens (primary N) is 1. The Hall–Kier alpha value is -2.46. The molecule has 0 aliphatic heterocycles. The van der Waals surface area contributed by atoms with Gasteiger partial charge in [-0.25, -0.2) is 0 Å². The molecule has 0 radical (unpaired) electrons. The van der Waals surface area contributed by atoms with Crippen LogP contribution >= 0.6 is 24.4 Å². The average Bonchev–Trinajstić information content (AvgIpc) is 2.67. The fraction of sp³-hybridized carbons (Fsp3) is 0.600. The topological polar surface area (TPSA) is 189 Å². The van der Waals surface area contributed by atoms with Gasteiger partial charge in [-0.05, 0) is 12.2 Å². The summed E-state index contributed by atoms with van der Waals surface area (Å²) in [4.78, 5) is 49.1. The Morgan fingerprint density at radius 3 is 1.80 bits per heavy atom. The van der Waals surface area contributed by atoms with Crippen LogP contribution in [-0.2, 0) is 19.2 Å². The number of aliphatic carboxylic acids is 2. The molecule has 0 aliphatic rings. The lowest BCUT2D eigenvalue weighted by molar-refractivity contribution is -0.141. The Labute approximate surface area is 184 Å². The Morgan fingerprint density at radius 1 is 0.867 bits per heavy atom. The predicted molar refractivity (Wildman–Crippen MR) is 116 cm³/mol. The fourth-order valence-electron chi connectivity index (χ4n) is 2.05. The van der Waals surface area contributed by atoms with Gasteiger partial charge in [-0.2, -0.15) is 0 Å². The predicted octanol–water partition coefficient (Wildman–Crippen LogP) is -3.67. The van der Waals surface area contributed by atoms with Gasteiger partial charge in [0.05, 0.1) is 32.7 Å². The number of nitrogens with zero attached hydrogens (tertiary/aromatic N) is 2. The molecule has 0 saturated carbocycles. The summed E-state index contributed by atoms with van der Waals surface area (Å²) >= 11 is 9.71. The monoisotopic (exact) mass is 465 g/mol. The van der Waals surface area contributed by atoms with Gasteiger partial charge in [0.25, 0.3) is 5.91 Å². The smallest absolute Gasteiger partial charge is 0.317 e. The van der Waals surface area contributed by atoms with Gasteiger partial charge in [-0.1, -0.05) is 12.2 Å². The first-order valence-electron chi connectivity index (χ1n) is 8.70. The van der Waals surface area contributed by atoms with Gasteiger partial charge in [0.15, 0.2) is 5.11 Å². The van der Waals surface area contributed by atoms with Crippen LogP contribution in [0.5, 0.6) is 0 Å². The van der Waals surface area contributed by atoms with Crippen LogP contribution in [0.2, 0.25) is 0 Å². The number of hydrogen-bond donors (Lipinski definition) is 7. The molecule has 0 aliphatic carbocycles. The molecule has 30 heavy (non-hydrogen) atoms. The molecule has 0 aromatic heterocycles. The molecule has 0 bridgehead atoms. The number of carbonyl (C=O) groups is 4. The van der Waals surface area contributed by atoms with Crippen molar-refractivity contribution in [2.75, 3.05) is 59.4 Å². The van der Waals surface area contributed by atoms with Crippen molar-refractivity contribution in [3.63, 3.8) is 0 Å².